The quantitative estimate of drug-likeness (QED) is 0.773. The molecule has 0 aliphatic carbocycles. The first-order valence-corrected chi connectivity index (χ1v) is 6.66. The molecule has 0 bridgehead atoms. The van der Waals surface area contributed by atoms with Gasteiger partial charge in [0.1, 0.15) is 11.6 Å². The standard InChI is InChI=1S/C15H11F2NS/c1-10-6-11(8-18)2-3-12(10)9-19-15-5-4-13(16)7-14(15)17/h2-7H,9H2,1H3. The van der Waals surface area contributed by atoms with Gasteiger partial charge >= 0.3 is 0 Å². The number of thioether (sulfide) groups is 1. The SMILES string of the molecule is Cc1cc(C#N)ccc1CSc1ccc(F)cc1F. The first kappa shape index (κ1) is 13.6. The van der Waals surface area contributed by atoms with Crippen molar-refractivity contribution in [3.8, 4) is 6.07 Å². The van der Waals surface area contributed by atoms with Gasteiger partial charge in [-0.15, -0.1) is 11.8 Å². The summed E-state index contributed by atoms with van der Waals surface area (Å²) in [6.45, 7) is 1.91. The number of nitriles is 1. The van der Waals surface area contributed by atoms with Gasteiger partial charge < -0.3 is 0 Å². The van der Waals surface area contributed by atoms with Crippen LogP contribution in [0.4, 0.5) is 8.78 Å². The third kappa shape index (κ3) is 3.33. The van der Waals surface area contributed by atoms with Crippen molar-refractivity contribution >= 4 is 11.8 Å². The van der Waals surface area contributed by atoms with Gasteiger partial charge in [-0.05, 0) is 42.3 Å². The molecule has 0 spiro atoms. The topological polar surface area (TPSA) is 23.8 Å². The second kappa shape index (κ2) is 5.85. The Bertz CT molecular complexity index is 647. The molecule has 0 amide bonds. The fourth-order valence-electron chi connectivity index (χ4n) is 1.68. The van der Waals surface area contributed by atoms with Gasteiger partial charge in [0.25, 0.3) is 0 Å². The van der Waals surface area contributed by atoms with Crippen LogP contribution in [0.25, 0.3) is 0 Å². The molecule has 0 saturated heterocycles. The number of halogens is 2. The van der Waals surface area contributed by atoms with Gasteiger partial charge in [-0.1, -0.05) is 6.07 Å². The van der Waals surface area contributed by atoms with E-state index in [1.807, 2.05) is 13.0 Å². The molecule has 0 aliphatic rings. The maximum atomic E-state index is 13.5. The van der Waals surface area contributed by atoms with E-state index in [-0.39, 0.29) is 0 Å². The van der Waals surface area contributed by atoms with Crippen molar-refractivity contribution < 1.29 is 8.78 Å². The van der Waals surface area contributed by atoms with Crippen LogP contribution in [-0.2, 0) is 5.75 Å². The molecule has 1 nitrogen and oxygen atoms in total. The summed E-state index contributed by atoms with van der Waals surface area (Å²) in [5.41, 5.74) is 2.64. The van der Waals surface area contributed by atoms with E-state index in [1.165, 1.54) is 23.9 Å². The Morgan fingerprint density at radius 2 is 1.95 bits per heavy atom. The summed E-state index contributed by atoms with van der Waals surface area (Å²) in [5, 5.41) is 8.78. The molecule has 0 aromatic heterocycles. The monoisotopic (exact) mass is 275 g/mol. The second-order valence-electron chi connectivity index (χ2n) is 4.12. The number of nitrogens with zero attached hydrogens (tertiary/aromatic N) is 1. The normalized spacial score (nSPS) is 10.2. The van der Waals surface area contributed by atoms with E-state index in [0.717, 1.165) is 17.2 Å². The molecule has 0 radical (unpaired) electrons. The Balaban J connectivity index is 2.13. The fourth-order valence-corrected chi connectivity index (χ4v) is 2.67. The maximum absolute atomic E-state index is 13.5. The first-order valence-electron chi connectivity index (χ1n) is 5.67. The second-order valence-corrected chi connectivity index (χ2v) is 5.13. The van der Waals surface area contributed by atoms with E-state index < -0.39 is 11.6 Å². The molecule has 19 heavy (non-hydrogen) atoms. The molecule has 0 N–H and O–H groups in total. The van der Waals surface area contributed by atoms with E-state index in [2.05, 4.69) is 6.07 Å². The molecular formula is C15H11F2NS. The number of rotatable bonds is 3. The van der Waals surface area contributed by atoms with E-state index >= 15 is 0 Å². The lowest BCUT2D eigenvalue weighted by Gasteiger charge is -2.07. The van der Waals surface area contributed by atoms with E-state index in [9.17, 15) is 8.78 Å². The van der Waals surface area contributed by atoms with Crippen molar-refractivity contribution in [3.63, 3.8) is 0 Å². The summed E-state index contributed by atoms with van der Waals surface area (Å²) >= 11 is 1.31. The van der Waals surface area contributed by atoms with E-state index in [1.54, 1.807) is 12.1 Å². The molecule has 2 rings (SSSR count). The molecular weight excluding hydrogens is 264 g/mol. The van der Waals surface area contributed by atoms with Crippen molar-refractivity contribution in [1.29, 1.82) is 5.26 Å². The average Bonchev–Trinajstić information content (AvgIpc) is 2.39. The molecule has 0 saturated carbocycles. The number of hydrogen-bond donors (Lipinski definition) is 0. The summed E-state index contributed by atoms with van der Waals surface area (Å²) in [6.07, 6.45) is 0. The highest BCUT2D eigenvalue weighted by molar-refractivity contribution is 7.98. The molecule has 2 aromatic rings. The highest BCUT2D eigenvalue weighted by Crippen LogP contribution is 2.27. The molecule has 96 valence electrons. The maximum Gasteiger partial charge on any atom is 0.139 e. The fraction of sp³-hybridized carbons (Fsp3) is 0.133. The summed E-state index contributed by atoms with van der Waals surface area (Å²) in [6, 6.07) is 11.1. The van der Waals surface area contributed by atoms with Crippen LogP contribution in [0.5, 0.6) is 0 Å². The summed E-state index contributed by atoms with van der Waals surface area (Å²) in [5.74, 6) is -0.534. The van der Waals surface area contributed by atoms with Crippen molar-refractivity contribution in [3.05, 3.63) is 64.7 Å². The lowest BCUT2D eigenvalue weighted by Crippen LogP contribution is -1.89. The van der Waals surface area contributed by atoms with Gasteiger partial charge in [0.05, 0.1) is 11.6 Å². The Morgan fingerprint density at radius 1 is 1.16 bits per heavy atom. The van der Waals surface area contributed by atoms with Crippen LogP contribution < -0.4 is 0 Å². The van der Waals surface area contributed by atoms with Crippen LogP contribution in [0.15, 0.2) is 41.3 Å². The molecule has 0 unspecified atom stereocenters. The smallest absolute Gasteiger partial charge is 0.139 e. The van der Waals surface area contributed by atoms with Crippen LogP contribution in [0.3, 0.4) is 0 Å². The number of aryl methyl sites for hydroxylation is 1. The minimum Gasteiger partial charge on any atom is -0.207 e. The molecule has 0 atom stereocenters. The van der Waals surface area contributed by atoms with Crippen LogP contribution in [0.2, 0.25) is 0 Å². The Kier molecular flexibility index (Phi) is 4.18. The Labute approximate surface area is 114 Å². The zero-order chi connectivity index (χ0) is 13.8. The van der Waals surface area contributed by atoms with E-state index in [0.29, 0.717) is 16.2 Å². The van der Waals surface area contributed by atoms with E-state index in [4.69, 9.17) is 5.26 Å². The van der Waals surface area contributed by atoms with Gasteiger partial charge in [-0.25, -0.2) is 8.78 Å². The van der Waals surface area contributed by atoms with Crippen LogP contribution in [-0.4, -0.2) is 0 Å². The average molecular weight is 275 g/mol. The van der Waals surface area contributed by atoms with Crippen LogP contribution in [0, 0.1) is 29.9 Å². The summed E-state index contributed by atoms with van der Waals surface area (Å²) in [4.78, 5) is 0.421. The van der Waals surface area contributed by atoms with Crippen molar-refractivity contribution in [1.82, 2.24) is 0 Å². The zero-order valence-corrected chi connectivity index (χ0v) is 11.1. The first-order chi connectivity index (χ1) is 9.10. The van der Waals surface area contributed by atoms with Gasteiger partial charge in [-0.3, -0.25) is 0 Å². The predicted molar refractivity (Wildman–Crippen MR) is 71.8 cm³/mol. The Hall–Kier alpha value is -1.86. The van der Waals surface area contributed by atoms with Crippen LogP contribution >= 0.6 is 11.8 Å². The number of hydrogen-bond acceptors (Lipinski definition) is 2. The van der Waals surface area contributed by atoms with Crippen molar-refractivity contribution in [2.75, 3.05) is 0 Å². The lowest BCUT2D eigenvalue weighted by atomic mass is 10.1. The minimum atomic E-state index is -0.573. The minimum absolute atomic E-state index is 0.421. The van der Waals surface area contributed by atoms with Crippen molar-refractivity contribution in [2.24, 2.45) is 0 Å². The Morgan fingerprint density at radius 3 is 2.58 bits per heavy atom. The van der Waals surface area contributed by atoms with Gasteiger partial charge in [0.15, 0.2) is 0 Å². The summed E-state index contributed by atoms with van der Waals surface area (Å²) < 4.78 is 26.2. The van der Waals surface area contributed by atoms with Gasteiger partial charge in [0.2, 0.25) is 0 Å². The largest absolute Gasteiger partial charge is 0.207 e. The molecule has 0 fully saturated rings. The molecule has 2 aromatic carbocycles. The van der Waals surface area contributed by atoms with Crippen molar-refractivity contribution in [2.45, 2.75) is 17.6 Å². The lowest BCUT2D eigenvalue weighted by molar-refractivity contribution is 0.565. The number of benzene rings is 2. The molecule has 4 heteroatoms. The predicted octanol–water partition coefficient (Wildman–Crippen LogP) is 4.44. The zero-order valence-electron chi connectivity index (χ0n) is 10.3. The highest BCUT2D eigenvalue weighted by Gasteiger charge is 2.06. The third-order valence-electron chi connectivity index (χ3n) is 2.75. The molecule has 0 heterocycles. The third-order valence-corrected chi connectivity index (χ3v) is 3.85. The summed E-state index contributed by atoms with van der Waals surface area (Å²) in [7, 11) is 0. The molecule has 0 aliphatic heterocycles. The van der Waals surface area contributed by atoms with Gasteiger partial charge in [-0.2, -0.15) is 5.26 Å². The van der Waals surface area contributed by atoms with Crippen LogP contribution in [0.1, 0.15) is 16.7 Å². The highest BCUT2D eigenvalue weighted by atomic mass is 32.2. The van der Waals surface area contributed by atoms with Gasteiger partial charge in [0, 0.05) is 16.7 Å².